The monoisotopic (exact) mass is 251 g/mol. The number of hydrogen-bond acceptors (Lipinski definition) is 4. The van der Waals surface area contributed by atoms with Crippen molar-refractivity contribution in [3.63, 3.8) is 0 Å². The number of rotatable bonds is 1. The van der Waals surface area contributed by atoms with E-state index in [0.717, 1.165) is 24.5 Å². The minimum absolute atomic E-state index is 0.102. The van der Waals surface area contributed by atoms with Gasteiger partial charge in [-0.3, -0.25) is 4.79 Å². The molecule has 0 unspecified atom stereocenters. The number of oxazole rings is 1. The number of nitrogens with zero attached hydrogens (tertiary/aromatic N) is 2. The molecule has 1 amide bonds. The Morgan fingerprint density at radius 1 is 1.33 bits per heavy atom. The second kappa shape index (κ2) is 4.72. The summed E-state index contributed by atoms with van der Waals surface area (Å²) in [7, 11) is 0. The number of nitrogens with one attached hydrogen (secondary N) is 1. The van der Waals surface area contributed by atoms with Crippen LogP contribution < -0.4 is 5.32 Å². The molecule has 0 atom stereocenters. The van der Waals surface area contributed by atoms with Crippen LogP contribution in [-0.2, 0) is 5.41 Å². The molecule has 0 aromatic carbocycles. The van der Waals surface area contributed by atoms with E-state index in [1.54, 1.807) is 4.90 Å². The average Bonchev–Trinajstić information content (AvgIpc) is 2.71. The van der Waals surface area contributed by atoms with Gasteiger partial charge in [0.15, 0.2) is 0 Å². The number of aromatic nitrogens is 1. The molecule has 18 heavy (non-hydrogen) atoms. The van der Waals surface area contributed by atoms with Gasteiger partial charge in [-0.2, -0.15) is 0 Å². The zero-order chi connectivity index (χ0) is 13.3. The summed E-state index contributed by atoms with van der Waals surface area (Å²) in [5.41, 5.74) is 0.681. The van der Waals surface area contributed by atoms with Crippen LogP contribution in [0.5, 0.6) is 0 Å². The second-order valence-corrected chi connectivity index (χ2v) is 5.73. The van der Waals surface area contributed by atoms with Crippen LogP contribution in [-0.4, -0.2) is 42.0 Å². The number of hydrogen-bond donors (Lipinski definition) is 1. The molecule has 5 nitrogen and oxygen atoms in total. The minimum Gasteiger partial charge on any atom is -0.437 e. The molecule has 1 aliphatic rings. The maximum absolute atomic E-state index is 12.2. The van der Waals surface area contributed by atoms with Crippen molar-refractivity contribution >= 4 is 5.91 Å². The van der Waals surface area contributed by atoms with Gasteiger partial charge in [-0.1, -0.05) is 20.8 Å². The zero-order valence-electron chi connectivity index (χ0n) is 11.5. The highest BCUT2D eigenvalue weighted by Gasteiger charge is 2.28. The van der Waals surface area contributed by atoms with E-state index in [-0.39, 0.29) is 17.2 Å². The lowest BCUT2D eigenvalue weighted by atomic mass is 9.92. The molecule has 1 fully saturated rings. The van der Waals surface area contributed by atoms with Crippen molar-refractivity contribution in [3.8, 4) is 0 Å². The first-order chi connectivity index (χ1) is 8.39. The maximum atomic E-state index is 12.2. The van der Waals surface area contributed by atoms with Crippen molar-refractivity contribution in [2.75, 3.05) is 26.2 Å². The van der Waals surface area contributed by atoms with E-state index in [1.807, 2.05) is 6.92 Å². The largest absolute Gasteiger partial charge is 0.437 e. The lowest BCUT2D eigenvalue weighted by molar-refractivity contribution is 0.0692. The molecule has 0 saturated carbocycles. The van der Waals surface area contributed by atoms with Crippen molar-refractivity contribution in [2.24, 2.45) is 0 Å². The normalized spacial score (nSPS) is 17.0. The summed E-state index contributed by atoms with van der Waals surface area (Å²) in [6.45, 7) is 11.1. The van der Waals surface area contributed by atoms with Crippen LogP contribution in [0.1, 0.15) is 42.9 Å². The number of carbonyl (C=O) groups is 1. The third kappa shape index (κ3) is 2.56. The third-order valence-electron chi connectivity index (χ3n) is 3.06. The Labute approximate surface area is 108 Å². The molecule has 0 radical (unpaired) electrons. The zero-order valence-corrected chi connectivity index (χ0v) is 11.5. The lowest BCUT2D eigenvalue weighted by Gasteiger charge is -2.26. The third-order valence-corrected chi connectivity index (χ3v) is 3.06. The first kappa shape index (κ1) is 13.1. The Hall–Kier alpha value is -1.36. The highest BCUT2D eigenvalue weighted by molar-refractivity contribution is 5.89. The van der Waals surface area contributed by atoms with E-state index < -0.39 is 0 Å². The van der Waals surface area contributed by atoms with Crippen molar-refractivity contribution in [2.45, 2.75) is 33.1 Å². The molecule has 2 rings (SSSR count). The summed E-state index contributed by atoms with van der Waals surface area (Å²) < 4.78 is 5.67. The van der Waals surface area contributed by atoms with Gasteiger partial charge in [0.25, 0.3) is 5.89 Å². The van der Waals surface area contributed by atoms with Crippen molar-refractivity contribution < 1.29 is 9.21 Å². The highest BCUT2D eigenvalue weighted by atomic mass is 16.4. The van der Waals surface area contributed by atoms with Crippen LogP contribution in [0, 0.1) is 6.92 Å². The average molecular weight is 251 g/mol. The molecule has 1 aromatic rings. The summed E-state index contributed by atoms with van der Waals surface area (Å²) in [6.07, 6.45) is 0. The fraction of sp³-hybridized carbons (Fsp3) is 0.692. The predicted octanol–water partition coefficient (Wildman–Crippen LogP) is 1.33. The Morgan fingerprint density at radius 3 is 2.44 bits per heavy atom. The van der Waals surface area contributed by atoms with E-state index in [1.165, 1.54) is 0 Å². The minimum atomic E-state index is -0.126. The quantitative estimate of drug-likeness (QED) is 0.818. The van der Waals surface area contributed by atoms with Gasteiger partial charge in [-0.05, 0) is 6.92 Å². The van der Waals surface area contributed by atoms with Crippen molar-refractivity contribution in [1.29, 1.82) is 0 Å². The summed E-state index contributed by atoms with van der Waals surface area (Å²) in [6, 6.07) is 0. The lowest BCUT2D eigenvalue weighted by Crippen LogP contribution is -2.46. The number of piperazine rings is 1. The smallest absolute Gasteiger partial charge is 0.309 e. The molecule has 1 aromatic heterocycles. The fourth-order valence-corrected chi connectivity index (χ4v) is 2.19. The van der Waals surface area contributed by atoms with Gasteiger partial charge >= 0.3 is 5.91 Å². The van der Waals surface area contributed by atoms with E-state index in [0.29, 0.717) is 13.1 Å². The van der Waals surface area contributed by atoms with E-state index in [9.17, 15) is 4.79 Å². The molecular formula is C13H21N3O2. The summed E-state index contributed by atoms with van der Waals surface area (Å²) in [4.78, 5) is 18.3. The van der Waals surface area contributed by atoms with Crippen LogP contribution in [0.25, 0.3) is 0 Å². The van der Waals surface area contributed by atoms with E-state index in [2.05, 4.69) is 31.1 Å². The van der Waals surface area contributed by atoms with Crippen LogP contribution in [0.3, 0.4) is 0 Å². The van der Waals surface area contributed by atoms with E-state index >= 15 is 0 Å². The molecule has 1 aliphatic heterocycles. The highest BCUT2D eigenvalue weighted by Crippen LogP contribution is 2.26. The van der Waals surface area contributed by atoms with Crippen LogP contribution in [0.4, 0.5) is 0 Å². The van der Waals surface area contributed by atoms with Crippen LogP contribution >= 0.6 is 0 Å². The molecule has 0 bridgehead atoms. The molecule has 2 heterocycles. The van der Waals surface area contributed by atoms with E-state index in [4.69, 9.17) is 4.42 Å². The van der Waals surface area contributed by atoms with Gasteiger partial charge in [0.05, 0.1) is 5.69 Å². The topological polar surface area (TPSA) is 58.4 Å². The Balaban J connectivity index is 2.21. The fourth-order valence-electron chi connectivity index (χ4n) is 2.19. The standard InChI is InChI=1S/C13H21N3O2/c1-9-10(13(2,3)4)18-11(15-9)12(17)16-7-5-14-6-8-16/h14H,5-8H2,1-4H3. The van der Waals surface area contributed by atoms with Crippen LogP contribution in [0.2, 0.25) is 0 Å². The first-order valence-electron chi connectivity index (χ1n) is 6.37. The summed E-state index contributed by atoms with van der Waals surface area (Å²) in [5, 5.41) is 3.22. The Bertz CT molecular complexity index is 440. The first-order valence-corrected chi connectivity index (χ1v) is 6.37. The molecule has 1 saturated heterocycles. The molecule has 0 aliphatic carbocycles. The SMILES string of the molecule is Cc1nc(C(=O)N2CCNCC2)oc1C(C)(C)C. The maximum Gasteiger partial charge on any atom is 0.309 e. The summed E-state index contributed by atoms with van der Waals surface area (Å²) >= 11 is 0. The molecular weight excluding hydrogens is 230 g/mol. The Morgan fingerprint density at radius 2 is 1.94 bits per heavy atom. The second-order valence-electron chi connectivity index (χ2n) is 5.73. The van der Waals surface area contributed by atoms with Gasteiger partial charge in [-0.25, -0.2) is 4.98 Å². The number of amides is 1. The summed E-state index contributed by atoms with van der Waals surface area (Å²) in [5.74, 6) is 0.912. The molecule has 5 heteroatoms. The molecule has 0 spiro atoms. The number of aryl methyl sites for hydroxylation is 1. The Kier molecular flexibility index (Phi) is 3.43. The van der Waals surface area contributed by atoms with Gasteiger partial charge in [-0.15, -0.1) is 0 Å². The van der Waals surface area contributed by atoms with Gasteiger partial charge < -0.3 is 14.6 Å². The molecule has 100 valence electrons. The predicted molar refractivity (Wildman–Crippen MR) is 68.7 cm³/mol. The van der Waals surface area contributed by atoms with Gasteiger partial charge in [0.1, 0.15) is 5.76 Å². The van der Waals surface area contributed by atoms with Gasteiger partial charge in [0, 0.05) is 31.6 Å². The van der Waals surface area contributed by atoms with Crippen molar-refractivity contribution in [3.05, 3.63) is 17.3 Å². The van der Waals surface area contributed by atoms with Crippen molar-refractivity contribution in [1.82, 2.24) is 15.2 Å². The van der Waals surface area contributed by atoms with Gasteiger partial charge in [0.2, 0.25) is 0 Å². The van der Waals surface area contributed by atoms with Crippen LogP contribution in [0.15, 0.2) is 4.42 Å². The molecule has 1 N–H and O–H groups in total. The number of carbonyl (C=O) groups excluding carboxylic acids is 1.